The fourth-order valence-corrected chi connectivity index (χ4v) is 3.51. The van der Waals surface area contributed by atoms with E-state index in [1.54, 1.807) is 0 Å². The smallest absolute Gasteiger partial charge is 0.147 e. The van der Waals surface area contributed by atoms with E-state index in [1.165, 1.54) is 19.1 Å². The van der Waals surface area contributed by atoms with Crippen molar-refractivity contribution < 1.29 is 8.42 Å². The number of nitrogens with one attached hydrogen (secondary N) is 1. The highest BCUT2D eigenvalue weighted by Gasteiger charge is 2.33. The van der Waals surface area contributed by atoms with Crippen molar-refractivity contribution in [2.24, 2.45) is 5.41 Å². The first-order chi connectivity index (χ1) is 9.13. The predicted molar refractivity (Wildman–Crippen MR) is 85.8 cm³/mol. The average molecular weight is 304 g/mol. The van der Waals surface area contributed by atoms with Crippen molar-refractivity contribution >= 4 is 9.84 Å². The maximum absolute atomic E-state index is 11.3. The Labute approximate surface area is 125 Å². The van der Waals surface area contributed by atoms with Gasteiger partial charge < -0.3 is 5.32 Å². The third kappa shape index (κ3) is 6.10. The summed E-state index contributed by atoms with van der Waals surface area (Å²) in [6.45, 7) is 11.9. The van der Waals surface area contributed by atoms with Crippen molar-refractivity contribution in [1.29, 1.82) is 0 Å². The van der Waals surface area contributed by atoms with E-state index >= 15 is 0 Å². The van der Waals surface area contributed by atoms with E-state index in [1.807, 2.05) is 0 Å². The molecule has 120 valence electrons. The summed E-state index contributed by atoms with van der Waals surface area (Å²) in [5.74, 6) is 0.302. The molecule has 1 heterocycles. The first-order valence-electron chi connectivity index (χ1n) is 7.78. The highest BCUT2D eigenvalue weighted by Crippen LogP contribution is 2.24. The zero-order valence-electron chi connectivity index (χ0n) is 13.8. The molecule has 0 aromatic heterocycles. The number of rotatable bonds is 6. The Balaban J connectivity index is 2.59. The van der Waals surface area contributed by atoms with Crippen molar-refractivity contribution in [2.45, 2.75) is 59.0 Å². The van der Waals surface area contributed by atoms with E-state index in [9.17, 15) is 8.42 Å². The summed E-state index contributed by atoms with van der Waals surface area (Å²) in [6.07, 6.45) is 4.43. The van der Waals surface area contributed by atoms with Gasteiger partial charge in [-0.3, -0.25) is 4.90 Å². The Morgan fingerprint density at radius 3 is 2.45 bits per heavy atom. The summed E-state index contributed by atoms with van der Waals surface area (Å²) in [7, 11) is -2.84. The lowest BCUT2D eigenvalue weighted by Crippen LogP contribution is -2.60. The van der Waals surface area contributed by atoms with Crippen LogP contribution in [-0.2, 0) is 9.84 Å². The largest absolute Gasteiger partial charge is 0.311 e. The van der Waals surface area contributed by atoms with Gasteiger partial charge in [0.1, 0.15) is 9.84 Å². The van der Waals surface area contributed by atoms with Crippen LogP contribution in [0.1, 0.15) is 47.0 Å². The van der Waals surface area contributed by atoms with E-state index in [0.29, 0.717) is 17.8 Å². The first-order valence-corrected chi connectivity index (χ1v) is 9.84. The molecule has 1 aliphatic heterocycles. The highest BCUT2D eigenvalue weighted by molar-refractivity contribution is 7.90. The lowest BCUT2D eigenvalue weighted by molar-refractivity contribution is 0.0812. The fourth-order valence-electron chi connectivity index (χ4n) is 2.86. The van der Waals surface area contributed by atoms with Gasteiger partial charge in [0.05, 0.1) is 5.75 Å². The van der Waals surface area contributed by atoms with Crippen LogP contribution < -0.4 is 5.32 Å². The summed E-state index contributed by atoms with van der Waals surface area (Å²) in [4.78, 5) is 2.50. The highest BCUT2D eigenvalue weighted by atomic mass is 32.2. The number of nitrogens with zero attached hydrogens (tertiary/aromatic N) is 1. The third-order valence-electron chi connectivity index (χ3n) is 4.16. The van der Waals surface area contributed by atoms with E-state index < -0.39 is 9.84 Å². The van der Waals surface area contributed by atoms with Crippen LogP contribution in [0, 0.1) is 5.41 Å². The topological polar surface area (TPSA) is 49.4 Å². The predicted octanol–water partition coefficient (Wildman–Crippen LogP) is 1.91. The van der Waals surface area contributed by atoms with Gasteiger partial charge in [0.2, 0.25) is 0 Å². The Kier molecular flexibility index (Phi) is 6.48. The molecule has 1 saturated heterocycles. The molecule has 2 atom stereocenters. The molecule has 0 saturated carbocycles. The molecule has 1 N–H and O–H groups in total. The molecule has 1 fully saturated rings. The molecular formula is C15H32N2O2S. The molecule has 2 unspecified atom stereocenters. The summed E-state index contributed by atoms with van der Waals surface area (Å²) in [6, 6.07) is 1.03. The molecule has 20 heavy (non-hydrogen) atoms. The minimum Gasteiger partial charge on any atom is -0.311 e. The SMILES string of the molecule is CCCC1CNC(C(C)(C)C)CN1CCCS(C)(=O)=O. The van der Waals surface area contributed by atoms with Gasteiger partial charge in [-0.05, 0) is 24.8 Å². The van der Waals surface area contributed by atoms with Crippen LogP contribution in [0.15, 0.2) is 0 Å². The minimum atomic E-state index is -2.84. The van der Waals surface area contributed by atoms with Crippen LogP contribution in [0.25, 0.3) is 0 Å². The molecule has 4 nitrogen and oxygen atoms in total. The second-order valence-corrected chi connectivity index (χ2v) is 9.51. The maximum atomic E-state index is 11.3. The minimum absolute atomic E-state index is 0.242. The first kappa shape index (κ1) is 17.9. The number of piperazine rings is 1. The second kappa shape index (κ2) is 7.23. The van der Waals surface area contributed by atoms with Crippen molar-refractivity contribution in [2.75, 3.05) is 31.6 Å². The lowest BCUT2D eigenvalue weighted by atomic mass is 9.84. The van der Waals surface area contributed by atoms with Gasteiger partial charge >= 0.3 is 0 Å². The Morgan fingerprint density at radius 1 is 1.30 bits per heavy atom. The Morgan fingerprint density at radius 2 is 1.95 bits per heavy atom. The van der Waals surface area contributed by atoms with Gasteiger partial charge in [-0.15, -0.1) is 0 Å². The number of hydrogen-bond donors (Lipinski definition) is 1. The van der Waals surface area contributed by atoms with E-state index in [4.69, 9.17) is 0 Å². The van der Waals surface area contributed by atoms with Crippen LogP contribution in [-0.4, -0.2) is 57.0 Å². The molecule has 0 aromatic carbocycles. The molecule has 0 radical (unpaired) electrons. The van der Waals surface area contributed by atoms with Crippen LogP contribution in [0.3, 0.4) is 0 Å². The van der Waals surface area contributed by atoms with Gasteiger partial charge in [0.15, 0.2) is 0 Å². The Hall–Kier alpha value is -0.130. The molecule has 1 aliphatic rings. The average Bonchev–Trinajstić information content (AvgIpc) is 2.28. The quantitative estimate of drug-likeness (QED) is 0.814. The molecule has 0 spiro atoms. The van der Waals surface area contributed by atoms with Gasteiger partial charge in [-0.25, -0.2) is 8.42 Å². The van der Waals surface area contributed by atoms with E-state index in [-0.39, 0.29) is 5.41 Å². The maximum Gasteiger partial charge on any atom is 0.147 e. The van der Waals surface area contributed by atoms with Crippen LogP contribution in [0.2, 0.25) is 0 Å². The molecule has 0 aliphatic carbocycles. The summed E-state index contributed by atoms with van der Waals surface area (Å²) in [5, 5.41) is 3.67. The molecule has 5 heteroatoms. The van der Waals surface area contributed by atoms with Crippen LogP contribution >= 0.6 is 0 Å². The van der Waals surface area contributed by atoms with Crippen molar-refractivity contribution in [3.05, 3.63) is 0 Å². The van der Waals surface area contributed by atoms with Crippen LogP contribution in [0.5, 0.6) is 0 Å². The molecule has 0 aromatic rings. The zero-order chi connectivity index (χ0) is 15.4. The molecule has 0 bridgehead atoms. The summed E-state index contributed by atoms with van der Waals surface area (Å²) in [5.41, 5.74) is 0.242. The van der Waals surface area contributed by atoms with Gasteiger partial charge in [-0.2, -0.15) is 0 Å². The summed E-state index contributed by atoms with van der Waals surface area (Å²) < 4.78 is 22.5. The fraction of sp³-hybridized carbons (Fsp3) is 1.00. The molecular weight excluding hydrogens is 272 g/mol. The van der Waals surface area contributed by atoms with E-state index in [0.717, 1.165) is 26.1 Å². The monoisotopic (exact) mass is 304 g/mol. The number of hydrogen-bond acceptors (Lipinski definition) is 4. The summed E-state index contributed by atoms with van der Waals surface area (Å²) >= 11 is 0. The van der Waals surface area contributed by atoms with Crippen molar-refractivity contribution in [3.8, 4) is 0 Å². The van der Waals surface area contributed by atoms with Crippen molar-refractivity contribution in [3.63, 3.8) is 0 Å². The number of sulfone groups is 1. The van der Waals surface area contributed by atoms with Crippen molar-refractivity contribution in [1.82, 2.24) is 10.2 Å². The molecule has 1 rings (SSSR count). The van der Waals surface area contributed by atoms with Gasteiger partial charge in [0, 0.05) is 31.4 Å². The second-order valence-electron chi connectivity index (χ2n) is 7.25. The normalized spacial score (nSPS) is 25.9. The van der Waals surface area contributed by atoms with Crippen LogP contribution in [0.4, 0.5) is 0 Å². The standard InChI is InChI=1S/C15H32N2O2S/c1-6-8-13-11-16-14(15(2,3)4)12-17(13)9-7-10-20(5,18)19/h13-14,16H,6-12H2,1-5H3. The van der Waals surface area contributed by atoms with E-state index in [2.05, 4.69) is 37.9 Å². The van der Waals surface area contributed by atoms with Gasteiger partial charge in [0.25, 0.3) is 0 Å². The zero-order valence-corrected chi connectivity index (χ0v) is 14.6. The van der Waals surface area contributed by atoms with Gasteiger partial charge in [-0.1, -0.05) is 34.1 Å². The third-order valence-corrected chi connectivity index (χ3v) is 5.19. The molecule has 0 amide bonds. The lowest BCUT2D eigenvalue weighted by Gasteiger charge is -2.45. The Bertz CT molecular complexity index is 387.